The Labute approximate surface area is 262 Å². The van der Waals surface area contributed by atoms with Crippen LogP contribution in [0.15, 0.2) is 125 Å². The Morgan fingerprint density at radius 2 is 1.35 bits per heavy atom. The Hall–Kier alpha value is -3.95. The van der Waals surface area contributed by atoms with E-state index in [1.807, 2.05) is 81.4 Å². The first-order chi connectivity index (χ1) is 20.4. The van der Waals surface area contributed by atoms with Crippen molar-refractivity contribution in [1.29, 1.82) is 0 Å². The van der Waals surface area contributed by atoms with Crippen LogP contribution in [0.4, 0.5) is 5.69 Å². The molecule has 4 rings (SSSR count). The van der Waals surface area contributed by atoms with E-state index >= 15 is 0 Å². The molecule has 0 heterocycles. The molecule has 0 aromatic heterocycles. The SMILES string of the molecule is CC(C)(C)NC(=O)C(Cc1ccccc1)N(Cc1ccccc1)C(=O)CN(c1cccc(Br)c1)S(=O)(=O)c1ccccc1. The van der Waals surface area contributed by atoms with Crippen molar-refractivity contribution in [1.82, 2.24) is 10.2 Å². The number of nitrogens with one attached hydrogen (secondary N) is 1. The molecule has 0 aliphatic carbocycles. The Morgan fingerprint density at radius 3 is 1.91 bits per heavy atom. The summed E-state index contributed by atoms with van der Waals surface area (Å²) >= 11 is 3.43. The molecule has 1 atom stereocenters. The number of hydrogen-bond acceptors (Lipinski definition) is 4. The van der Waals surface area contributed by atoms with Crippen LogP contribution < -0.4 is 9.62 Å². The number of halogens is 1. The maximum absolute atomic E-state index is 14.4. The lowest BCUT2D eigenvalue weighted by Gasteiger charge is -2.35. The highest BCUT2D eigenvalue weighted by molar-refractivity contribution is 9.10. The minimum atomic E-state index is -4.14. The average molecular weight is 663 g/mol. The van der Waals surface area contributed by atoms with Crippen LogP contribution >= 0.6 is 15.9 Å². The predicted molar refractivity (Wildman–Crippen MR) is 174 cm³/mol. The Kier molecular flexibility index (Phi) is 10.4. The highest BCUT2D eigenvalue weighted by atomic mass is 79.9. The van der Waals surface area contributed by atoms with Gasteiger partial charge in [0, 0.05) is 23.0 Å². The standard InChI is InChI=1S/C34H36BrN3O4S/c1-34(2,3)36-33(40)31(22-26-14-7-4-8-15-26)37(24-27-16-9-5-10-17-27)32(39)25-38(29-19-13-18-28(35)23-29)43(41,42)30-20-11-6-12-21-30/h4-21,23,31H,22,24-25H2,1-3H3,(H,36,40). The summed E-state index contributed by atoms with van der Waals surface area (Å²) in [5, 5.41) is 3.04. The van der Waals surface area contributed by atoms with Crippen LogP contribution in [0.3, 0.4) is 0 Å². The second-order valence-electron chi connectivity index (χ2n) is 11.3. The molecule has 0 bridgehead atoms. The second-order valence-corrected chi connectivity index (χ2v) is 14.0. The van der Waals surface area contributed by atoms with E-state index in [2.05, 4.69) is 21.2 Å². The minimum Gasteiger partial charge on any atom is -0.350 e. The first-order valence-corrected chi connectivity index (χ1v) is 16.2. The van der Waals surface area contributed by atoms with Crippen molar-refractivity contribution in [2.75, 3.05) is 10.8 Å². The number of hydrogen-bond donors (Lipinski definition) is 1. The van der Waals surface area contributed by atoms with E-state index in [1.54, 1.807) is 42.5 Å². The van der Waals surface area contributed by atoms with Crippen LogP contribution in [-0.4, -0.2) is 43.3 Å². The van der Waals surface area contributed by atoms with Crippen LogP contribution in [0.2, 0.25) is 0 Å². The van der Waals surface area contributed by atoms with Gasteiger partial charge in [0.05, 0.1) is 10.6 Å². The van der Waals surface area contributed by atoms with E-state index in [1.165, 1.54) is 17.0 Å². The summed E-state index contributed by atoms with van der Waals surface area (Å²) in [5.74, 6) is -0.825. The van der Waals surface area contributed by atoms with Crippen LogP contribution in [0, 0.1) is 0 Å². The van der Waals surface area contributed by atoms with Crippen molar-refractivity contribution in [2.24, 2.45) is 0 Å². The highest BCUT2D eigenvalue weighted by Crippen LogP contribution is 2.27. The van der Waals surface area contributed by atoms with Gasteiger partial charge in [0.15, 0.2) is 0 Å². The van der Waals surface area contributed by atoms with Crippen molar-refractivity contribution in [2.45, 2.75) is 50.2 Å². The molecular formula is C34H36BrN3O4S. The van der Waals surface area contributed by atoms with Crippen molar-refractivity contribution < 1.29 is 18.0 Å². The van der Waals surface area contributed by atoms with Gasteiger partial charge in [-0.05, 0) is 62.2 Å². The Bertz CT molecular complexity index is 1630. The summed E-state index contributed by atoms with van der Waals surface area (Å²) < 4.78 is 29.8. The summed E-state index contributed by atoms with van der Waals surface area (Å²) in [6, 6.07) is 32.8. The summed E-state index contributed by atoms with van der Waals surface area (Å²) in [4.78, 5) is 29.9. The van der Waals surface area contributed by atoms with Crippen molar-refractivity contribution in [3.8, 4) is 0 Å². The minimum absolute atomic E-state index is 0.0590. The summed E-state index contributed by atoms with van der Waals surface area (Å²) in [7, 11) is -4.14. The average Bonchev–Trinajstić information content (AvgIpc) is 2.98. The zero-order valence-corrected chi connectivity index (χ0v) is 26.9. The lowest BCUT2D eigenvalue weighted by atomic mass is 10.0. The van der Waals surface area contributed by atoms with Gasteiger partial charge in [-0.15, -0.1) is 0 Å². The summed E-state index contributed by atoms with van der Waals surface area (Å²) in [6.07, 6.45) is 0.254. The van der Waals surface area contributed by atoms with Crippen LogP contribution in [0.25, 0.3) is 0 Å². The number of carbonyl (C=O) groups excluding carboxylic acids is 2. The van der Waals surface area contributed by atoms with Crippen molar-refractivity contribution in [3.05, 3.63) is 131 Å². The molecule has 0 saturated heterocycles. The normalized spacial score (nSPS) is 12.3. The number of amides is 2. The molecule has 9 heteroatoms. The van der Waals surface area contributed by atoms with Crippen molar-refractivity contribution in [3.63, 3.8) is 0 Å². The molecule has 0 fully saturated rings. The maximum atomic E-state index is 14.4. The van der Waals surface area contributed by atoms with Gasteiger partial charge in [0.2, 0.25) is 11.8 Å². The van der Waals surface area contributed by atoms with Gasteiger partial charge in [0.25, 0.3) is 10.0 Å². The molecule has 7 nitrogen and oxygen atoms in total. The van der Waals surface area contributed by atoms with E-state index in [-0.39, 0.29) is 23.8 Å². The van der Waals surface area contributed by atoms with Gasteiger partial charge in [-0.3, -0.25) is 13.9 Å². The molecule has 43 heavy (non-hydrogen) atoms. The lowest BCUT2D eigenvalue weighted by molar-refractivity contribution is -0.140. The third-order valence-corrected chi connectivity index (χ3v) is 8.95. The van der Waals surface area contributed by atoms with Crippen LogP contribution in [0.5, 0.6) is 0 Å². The third kappa shape index (κ3) is 8.78. The molecule has 1 N–H and O–H groups in total. The first kappa shape index (κ1) is 32.0. The predicted octanol–water partition coefficient (Wildman–Crippen LogP) is 6.20. The van der Waals surface area contributed by atoms with E-state index in [9.17, 15) is 18.0 Å². The quantitative estimate of drug-likeness (QED) is 0.207. The molecule has 0 radical (unpaired) electrons. The van der Waals surface area contributed by atoms with Gasteiger partial charge in [0.1, 0.15) is 12.6 Å². The number of carbonyl (C=O) groups is 2. The largest absolute Gasteiger partial charge is 0.350 e. The van der Waals surface area contributed by atoms with Gasteiger partial charge < -0.3 is 10.2 Å². The van der Waals surface area contributed by atoms with Gasteiger partial charge in [-0.25, -0.2) is 8.42 Å². The zero-order chi connectivity index (χ0) is 31.0. The smallest absolute Gasteiger partial charge is 0.264 e. The van der Waals surface area contributed by atoms with Crippen molar-refractivity contribution >= 4 is 43.5 Å². The number of anilines is 1. The molecule has 2 amide bonds. The fourth-order valence-electron chi connectivity index (χ4n) is 4.67. The number of sulfonamides is 1. The Balaban J connectivity index is 1.80. The van der Waals surface area contributed by atoms with E-state index < -0.39 is 34.1 Å². The van der Waals surface area contributed by atoms with Gasteiger partial charge in [-0.2, -0.15) is 0 Å². The van der Waals surface area contributed by atoms with E-state index in [4.69, 9.17) is 0 Å². The molecule has 224 valence electrons. The van der Waals surface area contributed by atoms with E-state index in [0.29, 0.717) is 10.2 Å². The molecule has 0 aliphatic rings. The first-order valence-electron chi connectivity index (χ1n) is 14.0. The monoisotopic (exact) mass is 661 g/mol. The van der Waals surface area contributed by atoms with Crippen LogP contribution in [0.1, 0.15) is 31.9 Å². The van der Waals surface area contributed by atoms with Gasteiger partial charge in [-0.1, -0.05) is 101 Å². The molecule has 0 spiro atoms. The molecule has 0 saturated carbocycles. The number of nitrogens with zero attached hydrogens (tertiary/aromatic N) is 2. The summed E-state index contributed by atoms with van der Waals surface area (Å²) in [5.41, 5.74) is 1.47. The molecular weight excluding hydrogens is 626 g/mol. The third-order valence-electron chi connectivity index (χ3n) is 6.67. The highest BCUT2D eigenvalue weighted by Gasteiger charge is 2.35. The fourth-order valence-corrected chi connectivity index (χ4v) is 6.48. The second kappa shape index (κ2) is 14.0. The zero-order valence-electron chi connectivity index (χ0n) is 24.5. The molecule has 1 unspecified atom stereocenters. The molecule has 4 aromatic carbocycles. The molecule has 4 aromatic rings. The fraction of sp³-hybridized carbons (Fsp3) is 0.235. The van der Waals surface area contributed by atoms with E-state index in [0.717, 1.165) is 15.4 Å². The topological polar surface area (TPSA) is 86.8 Å². The number of rotatable bonds is 11. The number of benzene rings is 4. The Morgan fingerprint density at radius 1 is 0.791 bits per heavy atom. The molecule has 0 aliphatic heterocycles. The van der Waals surface area contributed by atoms with Crippen LogP contribution in [-0.2, 0) is 32.6 Å². The maximum Gasteiger partial charge on any atom is 0.264 e. The lowest BCUT2D eigenvalue weighted by Crippen LogP contribution is -2.56. The van der Waals surface area contributed by atoms with Gasteiger partial charge >= 0.3 is 0 Å². The summed E-state index contributed by atoms with van der Waals surface area (Å²) in [6.45, 7) is 5.26.